The summed E-state index contributed by atoms with van der Waals surface area (Å²) < 4.78 is 5.71. The van der Waals surface area contributed by atoms with Gasteiger partial charge in [0.25, 0.3) is 5.91 Å². The lowest BCUT2D eigenvalue weighted by Gasteiger charge is -2.30. The molecular weight excluding hydrogens is 284 g/mol. The minimum Gasteiger partial charge on any atom is -0.481 e. The quantitative estimate of drug-likeness (QED) is 0.787. The topological polar surface area (TPSA) is 55.6 Å². The monoisotopic (exact) mass is 310 g/mol. The highest BCUT2D eigenvalue weighted by molar-refractivity contribution is 7.98. The molecule has 0 saturated heterocycles. The minimum atomic E-state index is -0.510. The second-order valence-corrected chi connectivity index (χ2v) is 6.88. The number of likely N-dealkylation sites (N-methyl/N-ethyl adjacent to an activating group) is 1. The second kappa shape index (κ2) is 7.71. The first kappa shape index (κ1) is 17.9. The molecule has 5 heteroatoms. The average Bonchev–Trinajstić information content (AvgIpc) is 2.46. The molecular formula is C16H26N2O2S. The van der Waals surface area contributed by atoms with E-state index in [-0.39, 0.29) is 11.3 Å². The van der Waals surface area contributed by atoms with Crippen LogP contribution in [0.2, 0.25) is 0 Å². The van der Waals surface area contributed by atoms with Crippen molar-refractivity contribution in [1.82, 2.24) is 4.90 Å². The third-order valence-electron chi connectivity index (χ3n) is 3.31. The Kier molecular flexibility index (Phi) is 6.55. The van der Waals surface area contributed by atoms with Crippen LogP contribution < -0.4 is 10.5 Å². The van der Waals surface area contributed by atoms with Crippen LogP contribution in [-0.2, 0) is 4.79 Å². The summed E-state index contributed by atoms with van der Waals surface area (Å²) in [5.41, 5.74) is 5.62. The van der Waals surface area contributed by atoms with Crippen LogP contribution in [0, 0.1) is 5.41 Å². The van der Waals surface area contributed by atoms with E-state index in [9.17, 15) is 4.79 Å². The van der Waals surface area contributed by atoms with Crippen molar-refractivity contribution in [2.45, 2.75) is 31.8 Å². The summed E-state index contributed by atoms with van der Waals surface area (Å²) in [6, 6.07) is 7.75. The van der Waals surface area contributed by atoms with Gasteiger partial charge in [-0.15, -0.1) is 11.8 Å². The van der Waals surface area contributed by atoms with Gasteiger partial charge in [-0.2, -0.15) is 0 Å². The maximum atomic E-state index is 12.3. The summed E-state index contributed by atoms with van der Waals surface area (Å²) in [6.07, 6.45) is 1.51. The van der Waals surface area contributed by atoms with Gasteiger partial charge in [0.05, 0.1) is 0 Å². The van der Waals surface area contributed by atoms with E-state index in [0.29, 0.717) is 18.8 Å². The van der Waals surface area contributed by atoms with Crippen LogP contribution in [0.1, 0.15) is 20.8 Å². The standard InChI is InChI=1S/C16H26N2O2S/c1-12(15(19)18(4)11-16(2,3)10-17)20-13-6-8-14(21-5)9-7-13/h6-9,12H,10-11,17H2,1-5H3. The Bertz CT molecular complexity index is 460. The lowest BCUT2D eigenvalue weighted by Crippen LogP contribution is -2.44. The Labute approximate surface area is 132 Å². The fourth-order valence-corrected chi connectivity index (χ4v) is 2.41. The average molecular weight is 310 g/mol. The van der Waals surface area contributed by atoms with E-state index in [1.165, 1.54) is 4.90 Å². The molecule has 0 bridgehead atoms. The van der Waals surface area contributed by atoms with Crippen molar-refractivity contribution < 1.29 is 9.53 Å². The first-order valence-electron chi connectivity index (χ1n) is 7.05. The maximum Gasteiger partial charge on any atom is 0.263 e. The number of thioether (sulfide) groups is 1. The maximum absolute atomic E-state index is 12.3. The van der Waals surface area contributed by atoms with Gasteiger partial charge in [-0.25, -0.2) is 0 Å². The molecule has 2 N–H and O–H groups in total. The van der Waals surface area contributed by atoms with Gasteiger partial charge in [-0.3, -0.25) is 4.79 Å². The molecule has 4 nitrogen and oxygen atoms in total. The largest absolute Gasteiger partial charge is 0.481 e. The predicted molar refractivity (Wildman–Crippen MR) is 88.8 cm³/mol. The van der Waals surface area contributed by atoms with Gasteiger partial charge in [-0.1, -0.05) is 13.8 Å². The number of benzene rings is 1. The van der Waals surface area contributed by atoms with Crippen molar-refractivity contribution in [2.75, 3.05) is 26.4 Å². The number of nitrogens with zero attached hydrogens (tertiary/aromatic N) is 1. The molecule has 0 saturated carbocycles. The summed E-state index contributed by atoms with van der Waals surface area (Å²) in [6.45, 7) is 7.01. The van der Waals surface area contributed by atoms with Crippen LogP contribution in [0.3, 0.4) is 0 Å². The number of nitrogens with two attached hydrogens (primary N) is 1. The van der Waals surface area contributed by atoms with E-state index in [1.54, 1.807) is 30.6 Å². The summed E-state index contributed by atoms with van der Waals surface area (Å²) in [5.74, 6) is 0.672. The fourth-order valence-electron chi connectivity index (χ4n) is 2.00. The van der Waals surface area contributed by atoms with Crippen LogP contribution in [0.4, 0.5) is 0 Å². The van der Waals surface area contributed by atoms with Gasteiger partial charge in [0, 0.05) is 18.5 Å². The predicted octanol–water partition coefficient (Wildman–Crippen LogP) is 2.62. The van der Waals surface area contributed by atoms with Gasteiger partial charge in [0.15, 0.2) is 6.10 Å². The Hall–Kier alpha value is -1.20. The van der Waals surface area contributed by atoms with Gasteiger partial charge >= 0.3 is 0 Å². The first-order valence-corrected chi connectivity index (χ1v) is 8.27. The van der Waals surface area contributed by atoms with E-state index < -0.39 is 6.10 Å². The SMILES string of the molecule is CSc1ccc(OC(C)C(=O)N(C)CC(C)(C)CN)cc1. The van der Waals surface area contributed by atoms with Crippen LogP contribution in [0.5, 0.6) is 5.75 Å². The molecule has 21 heavy (non-hydrogen) atoms. The molecule has 1 atom stereocenters. The Morgan fingerprint density at radius 3 is 2.43 bits per heavy atom. The van der Waals surface area contributed by atoms with Crippen molar-refractivity contribution in [2.24, 2.45) is 11.1 Å². The molecule has 0 aliphatic rings. The fraction of sp³-hybridized carbons (Fsp3) is 0.562. The molecule has 0 fully saturated rings. The molecule has 0 radical (unpaired) electrons. The van der Waals surface area contributed by atoms with Crippen LogP contribution in [-0.4, -0.2) is 43.3 Å². The molecule has 1 rings (SSSR count). The number of ether oxygens (including phenoxy) is 1. The van der Waals surface area contributed by atoms with Gasteiger partial charge in [0.1, 0.15) is 5.75 Å². The highest BCUT2D eigenvalue weighted by Gasteiger charge is 2.25. The Morgan fingerprint density at radius 2 is 1.95 bits per heavy atom. The summed E-state index contributed by atoms with van der Waals surface area (Å²) in [7, 11) is 1.79. The number of carbonyl (C=O) groups is 1. The number of amides is 1. The molecule has 118 valence electrons. The summed E-state index contributed by atoms with van der Waals surface area (Å²) in [5, 5.41) is 0. The molecule has 1 unspecified atom stereocenters. The molecule has 0 aliphatic carbocycles. The zero-order chi connectivity index (χ0) is 16.0. The number of carbonyl (C=O) groups excluding carboxylic acids is 1. The zero-order valence-corrected chi connectivity index (χ0v) is 14.4. The lowest BCUT2D eigenvalue weighted by molar-refractivity contribution is -0.137. The highest BCUT2D eigenvalue weighted by atomic mass is 32.2. The Balaban J connectivity index is 2.61. The summed E-state index contributed by atoms with van der Waals surface area (Å²) >= 11 is 1.67. The number of hydrogen-bond donors (Lipinski definition) is 1. The Morgan fingerprint density at radius 1 is 1.38 bits per heavy atom. The zero-order valence-electron chi connectivity index (χ0n) is 13.6. The number of hydrogen-bond acceptors (Lipinski definition) is 4. The van der Waals surface area contributed by atoms with E-state index in [1.807, 2.05) is 44.4 Å². The van der Waals surface area contributed by atoms with Crippen LogP contribution in [0.15, 0.2) is 29.2 Å². The van der Waals surface area contributed by atoms with Gasteiger partial charge in [0.2, 0.25) is 0 Å². The molecule has 1 aromatic rings. The van der Waals surface area contributed by atoms with E-state index in [4.69, 9.17) is 10.5 Å². The van der Waals surface area contributed by atoms with E-state index in [0.717, 1.165) is 0 Å². The third kappa shape index (κ3) is 5.59. The van der Waals surface area contributed by atoms with Gasteiger partial charge < -0.3 is 15.4 Å². The third-order valence-corrected chi connectivity index (χ3v) is 4.06. The molecule has 1 aromatic carbocycles. The van der Waals surface area contributed by atoms with Crippen LogP contribution >= 0.6 is 11.8 Å². The first-order chi connectivity index (χ1) is 9.79. The second-order valence-electron chi connectivity index (χ2n) is 6.00. The van der Waals surface area contributed by atoms with Crippen molar-refractivity contribution in [3.63, 3.8) is 0 Å². The van der Waals surface area contributed by atoms with Crippen molar-refractivity contribution in [3.05, 3.63) is 24.3 Å². The molecule has 1 amide bonds. The highest BCUT2D eigenvalue weighted by Crippen LogP contribution is 2.20. The van der Waals surface area contributed by atoms with Gasteiger partial charge in [-0.05, 0) is 49.4 Å². The minimum absolute atomic E-state index is 0.0366. The number of rotatable bonds is 7. The normalized spacial score (nSPS) is 12.9. The lowest BCUT2D eigenvalue weighted by atomic mass is 9.93. The molecule has 0 spiro atoms. The van der Waals surface area contributed by atoms with Crippen molar-refractivity contribution in [3.8, 4) is 5.75 Å². The van der Waals surface area contributed by atoms with Crippen molar-refractivity contribution >= 4 is 17.7 Å². The van der Waals surface area contributed by atoms with Crippen LogP contribution in [0.25, 0.3) is 0 Å². The molecule has 0 heterocycles. The van der Waals surface area contributed by atoms with E-state index >= 15 is 0 Å². The molecule has 0 aromatic heterocycles. The molecule has 0 aliphatic heterocycles. The summed E-state index contributed by atoms with van der Waals surface area (Å²) in [4.78, 5) is 15.2. The smallest absolute Gasteiger partial charge is 0.263 e. The van der Waals surface area contributed by atoms with E-state index in [2.05, 4.69) is 0 Å². The van der Waals surface area contributed by atoms with Crippen molar-refractivity contribution in [1.29, 1.82) is 0 Å².